The minimum atomic E-state index is -4.62. The summed E-state index contributed by atoms with van der Waals surface area (Å²) in [6.45, 7) is 2.32. The number of anilines is 1. The van der Waals surface area contributed by atoms with E-state index in [4.69, 9.17) is 0 Å². The summed E-state index contributed by atoms with van der Waals surface area (Å²) in [5.74, 6) is -0.537. The number of allylic oxidation sites excluding steroid dienone is 2. The van der Waals surface area contributed by atoms with Gasteiger partial charge in [-0.25, -0.2) is 0 Å². The van der Waals surface area contributed by atoms with Crippen LogP contribution in [0.3, 0.4) is 0 Å². The third-order valence-electron chi connectivity index (χ3n) is 4.99. The molecule has 2 aromatic rings. The summed E-state index contributed by atoms with van der Waals surface area (Å²) in [7, 11) is 0. The van der Waals surface area contributed by atoms with Crippen molar-refractivity contribution in [3.8, 4) is 0 Å². The Hall–Kier alpha value is -2.65. The highest BCUT2D eigenvalue weighted by molar-refractivity contribution is 5.79. The van der Waals surface area contributed by atoms with Crippen LogP contribution < -0.4 is 4.90 Å². The van der Waals surface area contributed by atoms with Crippen LogP contribution in [-0.2, 0) is 11.0 Å². The largest absolute Gasteiger partial charge is 0.453 e. The van der Waals surface area contributed by atoms with Crippen LogP contribution >= 0.6 is 0 Å². The number of carbonyl (C=O) groups is 1. The molecule has 0 atom stereocenters. The number of hydrogen-bond acceptors (Lipinski definition) is 5. The molecule has 2 aliphatic rings. The van der Waals surface area contributed by atoms with Crippen molar-refractivity contribution in [1.82, 2.24) is 24.7 Å². The maximum atomic E-state index is 13.1. The predicted molar refractivity (Wildman–Crippen MR) is 91.1 cm³/mol. The molecule has 3 heterocycles. The first-order chi connectivity index (χ1) is 12.9. The fourth-order valence-electron chi connectivity index (χ4n) is 3.57. The Morgan fingerprint density at radius 3 is 2.56 bits per heavy atom. The first-order valence-corrected chi connectivity index (χ1v) is 8.92. The number of hydrogen-bond donors (Lipinski definition) is 0. The summed E-state index contributed by atoms with van der Waals surface area (Å²) in [4.78, 5) is 16.4. The number of alkyl halides is 3. The number of nitrogens with zero attached hydrogens (tertiary/aromatic N) is 6. The van der Waals surface area contributed by atoms with Gasteiger partial charge in [-0.3, -0.25) is 4.79 Å². The molecular formula is C17H19F3N6O. The number of halogens is 3. The van der Waals surface area contributed by atoms with Gasteiger partial charge in [0.05, 0.1) is 0 Å². The van der Waals surface area contributed by atoms with Crippen molar-refractivity contribution in [1.29, 1.82) is 0 Å². The van der Waals surface area contributed by atoms with Gasteiger partial charge in [0.15, 0.2) is 5.65 Å². The van der Waals surface area contributed by atoms with E-state index >= 15 is 0 Å². The van der Waals surface area contributed by atoms with Crippen molar-refractivity contribution in [3.63, 3.8) is 0 Å². The van der Waals surface area contributed by atoms with Crippen LogP contribution in [0.25, 0.3) is 5.65 Å². The number of rotatable bonds is 2. The summed E-state index contributed by atoms with van der Waals surface area (Å²) >= 11 is 0. The van der Waals surface area contributed by atoms with Crippen molar-refractivity contribution in [2.75, 3.05) is 31.1 Å². The fraction of sp³-hybridized carbons (Fsp3) is 0.529. The molecular weight excluding hydrogens is 361 g/mol. The zero-order valence-electron chi connectivity index (χ0n) is 14.6. The van der Waals surface area contributed by atoms with Crippen LogP contribution in [0.5, 0.6) is 0 Å². The number of amides is 1. The Kier molecular flexibility index (Phi) is 4.48. The molecule has 4 rings (SSSR count). The fourth-order valence-corrected chi connectivity index (χ4v) is 3.57. The van der Waals surface area contributed by atoms with E-state index in [0.717, 1.165) is 23.8 Å². The molecule has 0 saturated carbocycles. The molecule has 1 saturated heterocycles. The van der Waals surface area contributed by atoms with Crippen LogP contribution in [0.4, 0.5) is 19.0 Å². The number of aromatic nitrogens is 4. The second-order valence-electron chi connectivity index (χ2n) is 6.79. The van der Waals surface area contributed by atoms with E-state index in [1.165, 1.54) is 6.07 Å². The highest BCUT2D eigenvalue weighted by atomic mass is 19.4. The Labute approximate surface area is 153 Å². The minimum absolute atomic E-state index is 0.0254. The average molecular weight is 380 g/mol. The van der Waals surface area contributed by atoms with E-state index in [0.29, 0.717) is 32.0 Å². The normalized spacial score (nSPS) is 19.1. The van der Waals surface area contributed by atoms with Gasteiger partial charge in [0.25, 0.3) is 5.82 Å². The van der Waals surface area contributed by atoms with Crippen LogP contribution in [0.15, 0.2) is 24.3 Å². The van der Waals surface area contributed by atoms with Gasteiger partial charge in [-0.05, 0) is 31.4 Å². The van der Waals surface area contributed by atoms with Gasteiger partial charge in [0, 0.05) is 32.1 Å². The molecule has 0 unspecified atom stereocenters. The van der Waals surface area contributed by atoms with Gasteiger partial charge in [-0.2, -0.15) is 17.7 Å². The SMILES string of the molecule is O=C(C1CC=CC1)N1CCCN(c2ccc3nnc(C(F)(F)F)n3n2)CC1. The topological polar surface area (TPSA) is 66.6 Å². The van der Waals surface area contributed by atoms with Crippen LogP contribution in [-0.4, -0.2) is 56.8 Å². The molecule has 0 aromatic carbocycles. The summed E-state index contributed by atoms with van der Waals surface area (Å²) in [5, 5.41) is 10.8. The second-order valence-corrected chi connectivity index (χ2v) is 6.79. The molecule has 1 aliphatic heterocycles. The molecule has 27 heavy (non-hydrogen) atoms. The molecule has 7 nitrogen and oxygen atoms in total. The number of fused-ring (bicyclic) bond motifs is 1. The molecule has 1 aliphatic carbocycles. The highest BCUT2D eigenvalue weighted by Crippen LogP contribution is 2.28. The van der Waals surface area contributed by atoms with Crippen molar-refractivity contribution in [2.24, 2.45) is 5.92 Å². The van der Waals surface area contributed by atoms with E-state index in [-0.39, 0.29) is 17.5 Å². The van der Waals surface area contributed by atoms with Gasteiger partial charge < -0.3 is 9.80 Å². The van der Waals surface area contributed by atoms with E-state index in [1.54, 1.807) is 6.07 Å². The van der Waals surface area contributed by atoms with Gasteiger partial charge >= 0.3 is 6.18 Å². The van der Waals surface area contributed by atoms with Gasteiger partial charge in [0.2, 0.25) is 5.91 Å². The maximum Gasteiger partial charge on any atom is 0.453 e. The molecule has 0 bridgehead atoms. The monoisotopic (exact) mass is 380 g/mol. The predicted octanol–water partition coefficient (Wildman–Crippen LogP) is 2.15. The summed E-state index contributed by atoms with van der Waals surface area (Å²) in [5.41, 5.74) is 0.0476. The Morgan fingerprint density at radius 2 is 1.81 bits per heavy atom. The summed E-state index contributed by atoms with van der Waals surface area (Å²) in [6, 6.07) is 3.12. The maximum absolute atomic E-state index is 13.1. The van der Waals surface area contributed by atoms with E-state index < -0.39 is 12.0 Å². The van der Waals surface area contributed by atoms with Crippen molar-refractivity contribution < 1.29 is 18.0 Å². The Morgan fingerprint density at radius 1 is 1.04 bits per heavy atom. The van der Waals surface area contributed by atoms with Crippen molar-refractivity contribution >= 4 is 17.4 Å². The lowest BCUT2D eigenvalue weighted by molar-refractivity contribution is -0.146. The Balaban J connectivity index is 1.51. The lowest BCUT2D eigenvalue weighted by Crippen LogP contribution is -2.38. The van der Waals surface area contributed by atoms with E-state index in [2.05, 4.69) is 15.3 Å². The first-order valence-electron chi connectivity index (χ1n) is 8.92. The molecule has 0 N–H and O–H groups in total. The molecule has 144 valence electrons. The lowest BCUT2D eigenvalue weighted by atomic mass is 10.1. The van der Waals surface area contributed by atoms with Gasteiger partial charge in [0.1, 0.15) is 5.82 Å². The third-order valence-corrected chi connectivity index (χ3v) is 4.99. The van der Waals surface area contributed by atoms with Gasteiger partial charge in [-0.1, -0.05) is 12.2 Å². The summed E-state index contributed by atoms with van der Waals surface area (Å²) in [6.07, 6.45) is 1.74. The van der Waals surface area contributed by atoms with Crippen molar-refractivity contribution in [3.05, 3.63) is 30.1 Å². The zero-order chi connectivity index (χ0) is 19.0. The van der Waals surface area contributed by atoms with Crippen molar-refractivity contribution in [2.45, 2.75) is 25.4 Å². The standard InChI is InChI=1S/C17H19F3N6O/c18-17(19,20)16-22-21-13-6-7-14(23-26(13)16)24-8-3-9-25(11-10-24)15(27)12-4-1-2-5-12/h1-2,6-7,12H,3-5,8-11H2. The summed E-state index contributed by atoms with van der Waals surface area (Å²) < 4.78 is 39.9. The highest BCUT2D eigenvalue weighted by Gasteiger charge is 2.38. The molecule has 10 heteroatoms. The molecule has 1 fully saturated rings. The third kappa shape index (κ3) is 3.47. The Bertz CT molecular complexity index is 869. The van der Waals surface area contributed by atoms with E-state index in [1.807, 2.05) is 22.0 Å². The average Bonchev–Trinajstić information content (AvgIpc) is 3.25. The van der Waals surface area contributed by atoms with Crippen LogP contribution in [0, 0.1) is 5.92 Å². The van der Waals surface area contributed by atoms with Crippen LogP contribution in [0.2, 0.25) is 0 Å². The molecule has 0 radical (unpaired) electrons. The zero-order valence-corrected chi connectivity index (χ0v) is 14.6. The second kappa shape index (κ2) is 6.82. The van der Waals surface area contributed by atoms with Crippen LogP contribution in [0.1, 0.15) is 25.1 Å². The quantitative estimate of drug-likeness (QED) is 0.747. The molecule has 2 aromatic heterocycles. The van der Waals surface area contributed by atoms with E-state index in [9.17, 15) is 18.0 Å². The lowest BCUT2D eigenvalue weighted by Gasteiger charge is -2.25. The van der Waals surface area contributed by atoms with Gasteiger partial charge in [-0.15, -0.1) is 15.3 Å². The smallest absolute Gasteiger partial charge is 0.353 e. The molecule has 1 amide bonds. The first kappa shape index (κ1) is 17.7. The number of carbonyl (C=O) groups excluding carboxylic acids is 1. The minimum Gasteiger partial charge on any atom is -0.353 e. The molecule has 0 spiro atoms.